The Labute approximate surface area is 163 Å². The van der Waals surface area contributed by atoms with E-state index in [1.54, 1.807) is 13.0 Å². The number of nitrogens with one attached hydrogen (secondary N) is 1. The molecule has 140 valence electrons. The van der Waals surface area contributed by atoms with Gasteiger partial charge >= 0.3 is 0 Å². The van der Waals surface area contributed by atoms with Crippen LogP contribution in [-0.4, -0.2) is 11.1 Å². The molecule has 1 amide bonds. The summed E-state index contributed by atoms with van der Waals surface area (Å²) in [5, 5.41) is 7.33. The second-order valence-corrected chi connectivity index (χ2v) is 6.73. The number of benzene rings is 2. The normalized spacial score (nSPS) is 10.7. The Bertz CT molecular complexity index is 966. The second kappa shape index (κ2) is 8.27. The maximum atomic E-state index is 12.6. The first-order valence-electron chi connectivity index (χ1n) is 8.63. The summed E-state index contributed by atoms with van der Waals surface area (Å²) in [6.45, 7) is 6.30. The third-order valence-corrected chi connectivity index (χ3v) is 4.89. The summed E-state index contributed by atoms with van der Waals surface area (Å²) >= 11 is 6.13. The SMILES string of the molecule is Cc1cccc(OCc2c(C(=O)NCc3ccccc3Cl)noc2C)c1C. The fourth-order valence-electron chi connectivity index (χ4n) is 2.67. The number of carbonyl (C=O) groups excluding carboxylic acids is 1. The maximum Gasteiger partial charge on any atom is 0.274 e. The third kappa shape index (κ3) is 4.31. The molecule has 1 N–H and O–H groups in total. The summed E-state index contributed by atoms with van der Waals surface area (Å²) in [7, 11) is 0. The number of aromatic nitrogens is 1. The number of amides is 1. The summed E-state index contributed by atoms with van der Waals surface area (Å²) in [6.07, 6.45) is 0. The topological polar surface area (TPSA) is 64.4 Å². The Morgan fingerprint density at radius 1 is 1.15 bits per heavy atom. The zero-order valence-corrected chi connectivity index (χ0v) is 16.3. The molecule has 27 heavy (non-hydrogen) atoms. The van der Waals surface area contributed by atoms with Crippen LogP contribution in [0, 0.1) is 20.8 Å². The average Bonchev–Trinajstić information content (AvgIpc) is 3.03. The molecule has 0 bridgehead atoms. The molecule has 3 rings (SSSR count). The summed E-state index contributed by atoms with van der Waals surface area (Å²) in [4.78, 5) is 12.6. The Kier molecular flexibility index (Phi) is 5.81. The van der Waals surface area contributed by atoms with Gasteiger partial charge in [0.1, 0.15) is 18.1 Å². The van der Waals surface area contributed by atoms with E-state index in [9.17, 15) is 4.79 Å². The lowest BCUT2D eigenvalue weighted by Crippen LogP contribution is -2.24. The molecule has 0 saturated heterocycles. The minimum Gasteiger partial charge on any atom is -0.488 e. The molecule has 0 fully saturated rings. The first-order valence-corrected chi connectivity index (χ1v) is 9.01. The van der Waals surface area contributed by atoms with Crippen molar-refractivity contribution >= 4 is 17.5 Å². The summed E-state index contributed by atoms with van der Waals surface area (Å²) in [5.74, 6) is 1.01. The van der Waals surface area contributed by atoms with Gasteiger partial charge in [0.15, 0.2) is 5.69 Å². The number of rotatable bonds is 6. The van der Waals surface area contributed by atoms with E-state index >= 15 is 0 Å². The summed E-state index contributed by atoms with van der Waals surface area (Å²) in [5.41, 5.74) is 3.90. The van der Waals surface area contributed by atoms with Crippen molar-refractivity contribution < 1.29 is 14.1 Å². The highest BCUT2D eigenvalue weighted by Gasteiger charge is 2.20. The molecule has 0 spiro atoms. The van der Waals surface area contributed by atoms with Gasteiger partial charge in [0.25, 0.3) is 5.91 Å². The fourth-order valence-corrected chi connectivity index (χ4v) is 2.87. The first-order chi connectivity index (χ1) is 13.0. The van der Waals surface area contributed by atoms with Gasteiger partial charge in [-0.15, -0.1) is 0 Å². The van der Waals surface area contributed by atoms with E-state index in [-0.39, 0.29) is 18.2 Å². The smallest absolute Gasteiger partial charge is 0.274 e. The van der Waals surface area contributed by atoms with Crippen LogP contribution >= 0.6 is 11.6 Å². The standard InChI is InChI=1S/C21H21ClN2O3/c1-13-7-6-10-19(14(13)2)26-12-17-15(3)27-24-20(17)21(25)23-11-16-8-4-5-9-18(16)22/h4-10H,11-12H2,1-3H3,(H,23,25). The maximum absolute atomic E-state index is 12.6. The molecular weight excluding hydrogens is 364 g/mol. The van der Waals surface area contributed by atoms with E-state index in [1.165, 1.54) is 0 Å². The summed E-state index contributed by atoms with van der Waals surface area (Å²) < 4.78 is 11.1. The number of hydrogen-bond acceptors (Lipinski definition) is 4. The molecule has 0 atom stereocenters. The van der Waals surface area contributed by atoms with Gasteiger partial charge in [-0.1, -0.05) is 47.1 Å². The number of ether oxygens (including phenoxy) is 1. The molecule has 3 aromatic rings. The lowest BCUT2D eigenvalue weighted by atomic mass is 10.1. The molecule has 2 aromatic carbocycles. The van der Waals surface area contributed by atoms with Gasteiger partial charge in [-0.2, -0.15) is 0 Å². The van der Waals surface area contributed by atoms with Gasteiger partial charge in [-0.05, 0) is 49.6 Å². The minimum absolute atomic E-state index is 0.203. The lowest BCUT2D eigenvalue weighted by molar-refractivity contribution is 0.0939. The van der Waals surface area contributed by atoms with Gasteiger partial charge in [0.05, 0.1) is 5.56 Å². The Balaban J connectivity index is 1.71. The van der Waals surface area contributed by atoms with Gasteiger partial charge in [0, 0.05) is 11.6 Å². The van der Waals surface area contributed by atoms with E-state index in [0.29, 0.717) is 22.9 Å². The molecule has 0 unspecified atom stereocenters. The second-order valence-electron chi connectivity index (χ2n) is 6.33. The fraction of sp³-hybridized carbons (Fsp3) is 0.238. The molecule has 0 aliphatic rings. The predicted molar refractivity (Wildman–Crippen MR) is 104 cm³/mol. The number of nitrogens with zero attached hydrogens (tertiary/aromatic N) is 1. The Morgan fingerprint density at radius 2 is 1.93 bits per heavy atom. The third-order valence-electron chi connectivity index (χ3n) is 4.52. The van der Waals surface area contributed by atoms with E-state index in [2.05, 4.69) is 10.5 Å². The van der Waals surface area contributed by atoms with Crippen LogP contribution in [0.3, 0.4) is 0 Å². The van der Waals surface area contributed by atoms with E-state index in [4.69, 9.17) is 20.9 Å². The zero-order valence-electron chi connectivity index (χ0n) is 15.5. The highest BCUT2D eigenvalue weighted by atomic mass is 35.5. The Morgan fingerprint density at radius 3 is 2.70 bits per heavy atom. The van der Waals surface area contributed by atoms with E-state index in [0.717, 1.165) is 22.4 Å². The monoisotopic (exact) mass is 384 g/mol. The van der Waals surface area contributed by atoms with Crippen molar-refractivity contribution in [1.82, 2.24) is 10.5 Å². The minimum atomic E-state index is -0.327. The van der Waals surface area contributed by atoms with Gasteiger partial charge in [0.2, 0.25) is 0 Å². The lowest BCUT2D eigenvalue weighted by Gasteiger charge is -2.11. The number of carbonyl (C=O) groups is 1. The average molecular weight is 385 g/mol. The molecule has 0 saturated carbocycles. The molecule has 0 aliphatic heterocycles. The molecule has 0 radical (unpaired) electrons. The zero-order chi connectivity index (χ0) is 19.4. The molecule has 0 aliphatic carbocycles. The highest BCUT2D eigenvalue weighted by molar-refractivity contribution is 6.31. The number of aryl methyl sites for hydroxylation is 2. The van der Waals surface area contributed by atoms with Crippen molar-refractivity contribution in [2.24, 2.45) is 0 Å². The van der Waals surface area contributed by atoms with Gasteiger partial charge < -0.3 is 14.6 Å². The summed E-state index contributed by atoms with van der Waals surface area (Å²) in [6, 6.07) is 13.2. The van der Waals surface area contributed by atoms with Crippen LogP contribution in [0.5, 0.6) is 5.75 Å². The van der Waals surface area contributed by atoms with Gasteiger partial charge in [-0.25, -0.2) is 0 Å². The van der Waals surface area contributed by atoms with Crippen molar-refractivity contribution in [3.05, 3.63) is 81.2 Å². The predicted octanol–water partition coefficient (Wildman–Crippen LogP) is 4.76. The molecule has 6 heteroatoms. The van der Waals surface area contributed by atoms with Crippen LogP contribution in [0.25, 0.3) is 0 Å². The van der Waals surface area contributed by atoms with Crippen LogP contribution < -0.4 is 10.1 Å². The van der Waals surface area contributed by atoms with Crippen LogP contribution in [0.4, 0.5) is 0 Å². The highest BCUT2D eigenvalue weighted by Crippen LogP contribution is 2.23. The van der Waals surface area contributed by atoms with Crippen molar-refractivity contribution in [2.45, 2.75) is 33.9 Å². The van der Waals surface area contributed by atoms with Crippen LogP contribution in [-0.2, 0) is 13.2 Å². The van der Waals surface area contributed by atoms with Gasteiger partial charge in [-0.3, -0.25) is 4.79 Å². The molecule has 1 heterocycles. The number of hydrogen-bond donors (Lipinski definition) is 1. The van der Waals surface area contributed by atoms with Crippen LogP contribution in [0.1, 0.15) is 38.5 Å². The van der Waals surface area contributed by atoms with Crippen LogP contribution in [0.2, 0.25) is 5.02 Å². The largest absolute Gasteiger partial charge is 0.488 e. The van der Waals surface area contributed by atoms with Crippen molar-refractivity contribution in [3.8, 4) is 5.75 Å². The molecular formula is C21H21ClN2O3. The van der Waals surface area contributed by atoms with E-state index < -0.39 is 0 Å². The van der Waals surface area contributed by atoms with Crippen molar-refractivity contribution in [2.75, 3.05) is 0 Å². The first kappa shape index (κ1) is 19.0. The van der Waals surface area contributed by atoms with Crippen molar-refractivity contribution in [1.29, 1.82) is 0 Å². The van der Waals surface area contributed by atoms with Crippen molar-refractivity contribution in [3.63, 3.8) is 0 Å². The number of halogens is 1. The molecule has 1 aromatic heterocycles. The quantitative estimate of drug-likeness (QED) is 0.665. The van der Waals surface area contributed by atoms with Crippen LogP contribution in [0.15, 0.2) is 47.0 Å². The molecule has 5 nitrogen and oxygen atoms in total. The Hall–Kier alpha value is -2.79. The van der Waals surface area contributed by atoms with E-state index in [1.807, 2.05) is 50.2 Å².